The van der Waals surface area contributed by atoms with Gasteiger partial charge in [-0.1, -0.05) is 0 Å². The number of methoxy groups -OCH3 is 1. The molecule has 0 aromatic carbocycles. The van der Waals surface area contributed by atoms with Gasteiger partial charge in [-0.2, -0.15) is 5.10 Å². The molecule has 1 amide bonds. The van der Waals surface area contributed by atoms with E-state index in [2.05, 4.69) is 25.1 Å². The molecule has 0 bridgehead atoms. The number of piperazine rings is 1. The lowest BCUT2D eigenvalue weighted by molar-refractivity contribution is -0.143. The molecule has 9 heteroatoms. The van der Waals surface area contributed by atoms with E-state index >= 15 is 0 Å². The molecule has 1 atom stereocenters. The highest BCUT2D eigenvalue weighted by molar-refractivity contribution is 5.94. The summed E-state index contributed by atoms with van der Waals surface area (Å²) in [5, 5.41) is 7.67. The van der Waals surface area contributed by atoms with Crippen LogP contribution in [0.15, 0.2) is 12.5 Å². The van der Waals surface area contributed by atoms with Gasteiger partial charge in [-0.05, 0) is 0 Å². The van der Waals surface area contributed by atoms with E-state index in [0.29, 0.717) is 24.6 Å². The normalized spacial score (nSPS) is 18.4. The van der Waals surface area contributed by atoms with Crippen LogP contribution >= 0.6 is 0 Å². The molecule has 2 aromatic rings. The van der Waals surface area contributed by atoms with Crippen molar-refractivity contribution in [2.24, 2.45) is 7.05 Å². The van der Waals surface area contributed by atoms with E-state index in [4.69, 9.17) is 0 Å². The highest BCUT2D eigenvalue weighted by Crippen LogP contribution is 2.25. The largest absolute Gasteiger partial charge is 0.469 e. The second kappa shape index (κ2) is 5.58. The lowest BCUT2D eigenvalue weighted by atomic mass is 10.1. The summed E-state index contributed by atoms with van der Waals surface area (Å²) in [6, 6.07) is -0.653. The molecule has 1 fully saturated rings. The van der Waals surface area contributed by atoms with E-state index in [0.717, 1.165) is 5.39 Å². The summed E-state index contributed by atoms with van der Waals surface area (Å²) >= 11 is 0. The first-order valence-electron chi connectivity index (χ1n) is 6.85. The van der Waals surface area contributed by atoms with Crippen molar-refractivity contribution in [2.75, 3.05) is 25.1 Å². The number of carbonyl (C=O) groups is 2. The van der Waals surface area contributed by atoms with Crippen LogP contribution in [0.1, 0.15) is 6.42 Å². The van der Waals surface area contributed by atoms with Gasteiger partial charge < -0.3 is 15.0 Å². The van der Waals surface area contributed by atoms with Gasteiger partial charge in [0.05, 0.1) is 25.1 Å². The first kappa shape index (κ1) is 14.2. The highest BCUT2D eigenvalue weighted by atomic mass is 16.5. The van der Waals surface area contributed by atoms with Crippen LogP contribution in [0, 0.1) is 0 Å². The van der Waals surface area contributed by atoms with Crippen LogP contribution in [0.25, 0.3) is 11.0 Å². The van der Waals surface area contributed by atoms with Crippen molar-refractivity contribution in [1.29, 1.82) is 0 Å². The predicted molar refractivity (Wildman–Crippen MR) is 77.1 cm³/mol. The third-order valence-electron chi connectivity index (χ3n) is 3.70. The summed E-state index contributed by atoms with van der Waals surface area (Å²) in [4.78, 5) is 34.0. The number of fused-ring (bicyclic) bond motifs is 1. The van der Waals surface area contributed by atoms with E-state index in [-0.39, 0.29) is 12.3 Å². The molecule has 3 rings (SSSR count). The van der Waals surface area contributed by atoms with Crippen LogP contribution in [-0.2, 0) is 21.4 Å². The van der Waals surface area contributed by atoms with Gasteiger partial charge in [0.25, 0.3) is 0 Å². The Morgan fingerprint density at radius 2 is 2.32 bits per heavy atom. The number of hydrogen-bond donors (Lipinski definition) is 1. The minimum atomic E-state index is -0.653. The van der Waals surface area contributed by atoms with Crippen molar-refractivity contribution in [3.63, 3.8) is 0 Å². The number of aromatic nitrogens is 4. The lowest BCUT2D eigenvalue weighted by Gasteiger charge is -2.35. The summed E-state index contributed by atoms with van der Waals surface area (Å²) in [6.07, 6.45) is 3.06. The van der Waals surface area contributed by atoms with Gasteiger partial charge in [0.15, 0.2) is 5.65 Å². The van der Waals surface area contributed by atoms with Crippen LogP contribution in [0.2, 0.25) is 0 Å². The molecule has 116 valence electrons. The Morgan fingerprint density at radius 1 is 1.50 bits per heavy atom. The maximum absolute atomic E-state index is 12.1. The molecular formula is C13H16N6O3. The molecule has 0 saturated carbocycles. The minimum Gasteiger partial charge on any atom is -0.469 e. The highest BCUT2D eigenvalue weighted by Gasteiger charge is 2.34. The number of aryl methyl sites for hydroxylation is 1. The van der Waals surface area contributed by atoms with E-state index in [9.17, 15) is 9.59 Å². The minimum absolute atomic E-state index is 0.0336. The first-order chi connectivity index (χ1) is 10.6. The Hall–Kier alpha value is -2.71. The predicted octanol–water partition coefficient (Wildman–Crippen LogP) is -0.769. The number of carbonyl (C=O) groups excluding carboxylic acids is 2. The number of rotatable bonds is 3. The standard InChI is InChI=1S/C13H16N6O3/c1-18-11-8(6-17-18)12(16-7-15-11)19-4-3-14-13(21)9(19)5-10(20)22-2/h6-7,9H,3-5H2,1-2H3,(H,14,21)/t9-/m1/s1. The van der Waals surface area contributed by atoms with Crippen LogP contribution in [0.4, 0.5) is 5.82 Å². The SMILES string of the molecule is COC(=O)C[C@@H]1C(=O)NCCN1c1ncnc2c1cnn2C. The summed E-state index contributed by atoms with van der Waals surface area (Å²) in [6.45, 7) is 1.04. The number of esters is 1. The van der Waals surface area contributed by atoms with Gasteiger partial charge >= 0.3 is 5.97 Å². The molecule has 9 nitrogen and oxygen atoms in total. The third-order valence-corrected chi connectivity index (χ3v) is 3.70. The summed E-state index contributed by atoms with van der Waals surface area (Å²) in [5.41, 5.74) is 0.674. The summed E-state index contributed by atoms with van der Waals surface area (Å²) < 4.78 is 6.32. The van der Waals surface area contributed by atoms with E-state index in [1.165, 1.54) is 13.4 Å². The number of hydrogen-bond acceptors (Lipinski definition) is 7. The van der Waals surface area contributed by atoms with Gasteiger partial charge in [0.2, 0.25) is 5.91 Å². The molecule has 3 heterocycles. The van der Waals surface area contributed by atoms with Crippen LogP contribution < -0.4 is 10.2 Å². The quantitative estimate of drug-likeness (QED) is 0.743. The number of amides is 1. The monoisotopic (exact) mass is 304 g/mol. The zero-order valence-electron chi connectivity index (χ0n) is 12.3. The average Bonchev–Trinajstić information content (AvgIpc) is 2.91. The Bertz CT molecular complexity index is 728. The molecule has 0 aliphatic carbocycles. The van der Waals surface area contributed by atoms with Gasteiger partial charge in [-0.3, -0.25) is 14.3 Å². The summed E-state index contributed by atoms with van der Waals surface area (Å²) in [7, 11) is 3.09. The van der Waals surface area contributed by atoms with Crippen LogP contribution in [0.3, 0.4) is 0 Å². The molecule has 1 aliphatic rings. The van der Waals surface area contributed by atoms with E-state index in [1.54, 1.807) is 22.8 Å². The van der Waals surface area contributed by atoms with Crippen molar-refractivity contribution in [2.45, 2.75) is 12.5 Å². The van der Waals surface area contributed by atoms with Crippen molar-refractivity contribution < 1.29 is 14.3 Å². The van der Waals surface area contributed by atoms with Gasteiger partial charge in [0, 0.05) is 20.1 Å². The fourth-order valence-corrected chi connectivity index (χ4v) is 2.59. The molecule has 0 radical (unpaired) electrons. The molecule has 1 saturated heterocycles. The summed E-state index contributed by atoms with van der Waals surface area (Å²) in [5.74, 6) is -0.0577. The molecular weight excluding hydrogens is 288 g/mol. The van der Waals surface area contributed by atoms with Crippen molar-refractivity contribution in [3.05, 3.63) is 12.5 Å². The zero-order valence-corrected chi connectivity index (χ0v) is 12.3. The molecule has 0 unspecified atom stereocenters. The zero-order chi connectivity index (χ0) is 15.7. The second-order valence-electron chi connectivity index (χ2n) is 4.98. The van der Waals surface area contributed by atoms with Crippen LogP contribution in [0.5, 0.6) is 0 Å². The van der Waals surface area contributed by atoms with E-state index < -0.39 is 12.0 Å². The van der Waals surface area contributed by atoms with Gasteiger partial charge in [0.1, 0.15) is 18.2 Å². The second-order valence-corrected chi connectivity index (χ2v) is 4.98. The first-order valence-corrected chi connectivity index (χ1v) is 6.85. The van der Waals surface area contributed by atoms with Crippen LogP contribution in [-0.4, -0.2) is 57.9 Å². The number of anilines is 1. The maximum atomic E-state index is 12.1. The number of nitrogens with one attached hydrogen (secondary N) is 1. The smallest absolute Gasteiger partial charge is 0.308 e. The Labute approximate surface area is 126 Å². The van der Waals surface area contributed by atoms with E-state index in [1.807, 2.05) is 0 Å². The Morgan fingerprint density at radius 3 is 3.09 bits per heavy atom. The maximum Gasteiger partial charge on any atom is 0.308 e. The number of nitrogens with zero attached hydrogens (tertiary/aromatic N) is 5. The fourth-order valence-electron chi connectivity index (χ4n) is 2.59. The topological polar surface area (TPSA) is 102 Å². The van der Waals surface area contributed by atoms with Crippen molar-refractivity contribution >= 4 is 28.7 Å². The molecule has 22 heavy (non-hydrogen) atoms. The van der Waals surface area contributed by atoms with Crippen molar-refractivity contribution in [3.8, 4) is 0 Å². The molecule has 0 spiro atoms. The molecule has 1 N–H and O–H groups in total. The Kier molecular flexibility index (Phi) is 3.61. The fraction of sp³-hybridized carbons (Fsp3) is 0.462. The van der Waals surface area contributed by atoms with Crippen molar-refractivity contribution in [1.82, 2.24) is 25.1 Å². The van der Waals surface area contributed by atoms with Gasteiger partial charge in [-0.15, -0.1) is 0 Å². The third kappa shape index (κ3) is 2.34. The average molecular weight is 304 g/mol. The Balaban J connectivity index is 2.02. The lowest BCUT2D eigenvalue weighted by Crippen LogP contribution is -2.56. The number of ether oxygens (including phenoxy) is 1. The molecule has 1 aliphatic heterocycles. The van der Waals surface area contributed by atoms with Gasteiger partial charge in [-0.25, -0.2) is 9.97 Å². The molecule has 2 aromatic heterocycles.